The van der Waals surface area contributed by atoms with Crippen molar-refractivity contribution in [1.29, 1.82) is 0 Å². The molecule has 4 heteroatoms. The van der Waals surface area contributed by atoms with Crippen LogP contribution in [-0.2, 0) is 9.53 Å². The van der Waals surface area contributed by atoms with Gasteiger partial charge in [-0.2, -0.15) is 0 Å². The lowest BCUT2D eigenvalue weighted by Gasteiger charge is -2.09. The highest BCUT2D eigenvalue weighted by Crippen LogP contribution is 2.15. The molecule has 0 unspecified atom stereocenters. The minimum absolute atomic E-state index is 0.121. The Morgan fingerprint density at radius 1 is 1.32 bits per heavy atom. The molecule has 0 atom stereocenters. The first-order chi connectivity index (χ1) is 9.13. The Morgan fingerprint density at radius 3 is 2.79 bits per heavy atom. The van der Waals surface area contributed by atoms with Crippen molar-refractivity contribution in [2.45, 2.75) is 39.5 Å². The number of anilines is 1. The maximum absolute atomic E-state index is 12.9. The molecule has 1 aromatic carbocycles. The fourth-order valence-electron chi connectivity index (χ4n) is 1.85. The summed E-state index contributed by atoms with van der Waals surface area (Å²) in [5, 5.41) is 3.27. The van der Waals surface area contributed by atoms with Crippen molar-refractivity contribution in [2.24, 2.45) is 0 Å². The Bertz CT molecular complexity index is 407. The molecule has 1 N–H and O–H groups in total. The number of carbonyl (C=O) groups excluding carboxylic acids is 1. The van der Waals surface area contributed by atoms with Crippen molar-refractivity contribution < 1.29 is 13.9 Å². The molecule has 0 fully saturated rings. The molecule has 0 heterocycles. The highest BCUT2D eigenvalue weighted by atomic mass is 19.1. The summed E-state index contributed by atoms with van der Waals surface area (Å²) in [5.41, 5.74) is 1.87. The van der Waals surface area contributed by atoms with Crippen LogP contribution < -0.4 is 5.32 Å². The van der Waals surface area contributed by atoms with Crippen molar-refractivity contribution >= 4 is 11.7 Å². The normalized spacial score (nSPS) is 10.3. The van der Waals surface area contributed by atoms with Gasteiger partial charge >= 0.3 is 5.97 Å². The lowest BCUT2D eigenvalue weighted by molar-refractivity contribution is -0.143. The number of benzene rings is 1. The van der Waals surface area contributed by atoms with Crippen LogP contribution in [0.4, 0.5) is 10.1 Å². The van der Waals surface area contributed by atoms with Gasteiger partial charge in [0.25, 0.3) is 0 Å². The number of hydrogen-bond acceptors (Lipinski definition) is 3. The maximum Gasteiger partial charge on any atom is 0.305 e. The molecule has 1 aromatic rings. The van der Waals surface area contributed by atoms with Gasteiger partial charge in [0.15, 0.2) is 0 Å². The largest absolute Gasteiger partial charge is 0.466 e. The van der Waals surface area contributed by atoms with Gasteiger partial charge in [0.2, 0.25) is 0 Å². The molecule has 0 saturated heterocycles. The van der Waals surface area contributed by atoms with Crippen LogP contribution in [0.1, 0.15) is 38.2 Å². The summed E-state index contributed by atoms with van der Waals surface area (Å²) in [6.07, 6.45) is 3.30. The lowest BCUT2D eigenvalue weighted by Crippen LogP contribution is -2.05. The molecular weight excluding hydrogens is 245 g/mol. The van der Waals surface area contributed by atoms with E-state index in [0.717, 1.165) is 37.1 Å². The van der Waals surface area contributed by atoms with E-state index in [1.165, 1.54) is 12.1 Å². The number of unbranched alkanes of at least 4 members (excludes halogenated alkanes) is 2. The number of ether oxygens (including phenoxy) is 1. The van der Waals surface area contributed by atoms with Gasteiger partial charge < -0.3 is 10.1 Å². The summed E-state index contributed by atoms with van der Waals surface area (Å²) in [4.78, 5) is 11.1. The zero-order valence-corrected chi connectivity index (χ0v) is 11.7. The van der Waals surface area contributed by atoms with Gasteiger partial charge in [-0.1, -0.05) is 6.42 Å². The van der Waals surface area contributed by atoms with Crippen molar-refractivity contribution in [2.75, 3.05) is 18.5 Å². The van der Waals surface area contributed by atoms with Crippen LogP contribution in [0, 0.1) is 12.7 Å². The third kappa shape index (κ3) is 6.22. The maximum atomic E-state index is 12.9. The molecule has 3 nitrogen and oxygen atoms in total. The van der Waals surface area contributed by atoms with Crippen LogP contribution in [0.25, 0.3) is 0 Å². The van der Waals surface area contributed by atoms with E-state index in [-0.39, 0.29) is 11.8 Å². The number of hydrogen-bond donors (Lipinski definition) is 1. The van der Waals surface area contributed by atoms with Crippen LogP contribution in [0.2, 0.25) is 0 Å². The Morgan fingerprint density at radius 2 is 2.11 bits per heavy atom. The average Bonchev–Trinajstić information content (AvgIpc) is 2.36. The number of nitrogens with one attached hydrogen (secondary N) is 1. The van der Waals surface area contributed by atoms with Gasteiger partial charge in [-0.05, 0) is 50.5 Å². The van der Waals surface area contributed by atoms with E-state index in [9.17, 15) is 9.18 Å². The second-order valence-electron chi connectivity index (χ2n) is 4.50. The quantitative estimate of drug-likeness (QED) is 0.577. The van der Waals surface area contributed by atoms with Crippen LogP contribution in [0.3, 0.4) is 0 Å². The zero-order valence-electron chi connectivity index (χ0n) is 11.7. The van der Waals surface area contributed by atoms with E-state index in [2.05, 4.69) is 5.32 Å². The van der Waals surface area contributed by atoms with Crippen molar-refractivity contribution in [3.8, 4) is 0 Å². The van der Waals surface area contributed by atoms with E-state index in [1.54, 1.807) is 6.07 Å². The SMILES string of the molecule is CCOC(=O)CCCCCNc1ccc(F)cc1C. The Balaban J connectivity index is 2.12. The molecule has 0 aliphatic rings. The summed E-state index contributed by atoms with van der Waals surface area (Å²) in [6, 6.07) is 4.72. The summed E-state index contributed by atoms with van der Waals surface area (Å²) >= 11 is 0. The summed E-state index contributed by atoms with van der Waals surface area (Å²) in [7, 11) is 0. The first-order valence-electron chi connectivity index (χ1n) is 6.79. The number of halogens is 1. The highest BCUT2D eigenvalue weighted by molar-refractivity contribution is 5.69. The predicted molar refractivity (Wildman–Crippen MR) is 74.7 cm³/mol. The van der Waals surface area contributed by atoms with Gasteiger partial charge in [0.05, 0.1) is 6.61 Å². The van der Waals surface area contributed by atoms with E-state index in [4.69, 9.17) is 4.74 Å². The predicted octanol–water partition coefficient (Wildman–Crippen LogP) is 3.67. The smallest absolute Gasteiger partial charge is 0.305 e. The molecule has 0 amide bonds. The average molecular weight is 267 g/mol. The fraction of sp³-hybridized carbons (Fsp3) is 0.533. The van der Waals surface area contributed by atoms with Crippen molar-refractivity contribution in [3.05, 3.63) is 29.6 Å². The van der Waals surface area contributed by atoms with Gasteiger partial charge in [-0.25, -0.2) is 4.39 Å². The van der Waals surface area contributed by atoms with Crippen LogP contribution in [0.15, 0.2) is 18.2 Å². The number of rotatable bonds is 8. The number of esters is 1. The van der Waals surface area contributed by atoms with Gasteiger partial charge in [-0.15, -0.1) is 0 Å². The van der Waals surface area contributed by atoms with Crippen molar-refractivity contribution in [3.63, 3.8) is 0 Å². The van der Waals surface area contributed by atoms with Crippen LogP contribution in [0.5, 0.6) is 0 Å². The lowest BCUT2D eigenvalue weighted by atomic mass is 10.1. The zero-order chi connectivity index (χ0) is 14.1. The first-order valence-corrected chi connectivity index (χ1v) is 6.79. The molecule has 0 aliphatic carbocycles. The second kappa shape index (κ2) is 8.51. The van der Waals surface area contributed by atoms with E-state index >= 15 is 0 Å². The molecule has 0 spiro atoms. The highest BCUT2D eigenvalue weighted by Gasteiger charge is 2.01. The van der Waals surface area contributed by atoms with Crippen molar-refractivity contribution in [1.82, 2.24) is 0 Å². The minimum atomic E-state index is -0.211. The molecular formula is C15H22FNO2. The van der Waals surface area contributed by atoms with Crippen LogP contribution in [-0.4, -0.2) is 19.1 Å². The minimum Gasteiger partial charge on any atom is -0.466 e. The second-order valence-corrected chi connectivity index (χ2v) is 4.50. The van der Waals surface area contributed by atoms with Gasteiger partial charge in [0.1, 0.15) is 5.82 Å². The summed E-state index contributed by atoms with van der Waals surface area (Å²) in [5.74, 6) is -0.331. The molecule has 106 valence electrons. The molecule has 0 aliphatic heterocycles. The van der Waals surface area contributed by atoms with E-state index in [1.807, 2.05) is 13.8 Å². The third-order valence-corrected chi connectivity index (χ3v) is 2.87. The Hall–Kier alpha value is -1.58. The monoisotopic (exact) mass is 267 g/mol. The number of aryl methyl sites for hydroxylation is 1. The van der Waals surface area contributed by atoms with Gasteiger partial charge in [-0.3, -0.25) is 4.79 Å². The number of carbonyl (C=O) groups is 1. The Kier molecular flexibility index (Phi) is 6.93. The molecule has 1 rings (SSSR count). The molecule has 0 bridgehead atoms. The standard InChI is InChI=1S/C15H22FNO2/c1-3-19-15(18)7-5-4-6-10-17-14-9-8-13(16)11-12(14)2/h8-9,11,17H,3-7,10H2,1-2H3. The molecule has 0 saturated carbocycles. The fourth-order valence-corrected chi connectivity index (χ4v) is 1.85. The van der Waals surface area contributed by atoms with E-state index < -0.39 is 0 Å². The first kappa shape index (κ1) is 15.5. The molecule has 0 aromatic heterocycles. The van der Waals surface area contributed by atoms with E-state index in [0.29, 0.717) is 13.0 Å². The molecule has 19 heavy (non-hydrogen) atoms. The Labute approximate surface area is 114 Å². The summed E-state index contributed by atoms with van der Waals surface area (Å²) < 4.78 is 17.8. The van der Waals surface area contributed by atoms with Crippen LogP contribution >= 0.6 is 0 Å². The third-order valence-electron chi connectivity index (χ3n) is 2.87. The summed E-state index contributed by atoms with van der Waals surface area (Å²) in [6.45, 7) is 4.97. The molecule has 0 radical (unpaired) electrons. The van der Waals surface area contributed by atoms with Gasteiger partial charge in [0, 0.05) is 18.7 Å². The topological polar surface area (TPSA) is 38.3 Å².